The first-order chi connectivity index (χ1) is 27.2. The summed E-state index contributed by atoms with van der Waals surface area (Å²) in [5.41, 5.74) is 15.5. The predicted octanol–water partition coefficient (Wildman–Crippen LogP) is 14.3. The Labute approximate surface area is 319 Å². The van der Waals surface area contributed by atoms with Gasteiger partial charge in [0.05, 0.1) is 0 Å². The molecule has 0 atom stereocenters. The fourth-order valence-corrected chi connectivity index (χ4v) is 12.3. The SMILES string of the molecule is c1ccc2c(c1)-c1ccc(N(c3ccc(-c4cccc5c4oc4ccccc45)cc3)c3ccc4c(c3)oc3ccccc34)cc1C21C2CC3CC(C2)CC1C3. The van der Waals surface area contributed by atoms with Gasteiger partial charge in [0, 0.05) is 55.7 Å². The third-order valence-corrected chi connectivity index (χ3v) is 14.3. The quantitative estimate of drug-likeness (QED) is 0.182. The molecule has 2 aromatic heterocycles. The van der Waals surface area contributed by atoms with E-state index in [2.05, 4.69) is 144 Å². The van der Waals surface area contributed by atoms with Gasteiger partial charge in [-0.25, -0.2) is 0 Å². The highest BCUT2D eigenvalue weighted by Gasteiger charge is 2.61. The average molecular weight is 710 g/mol. The molecule has 3 nitrogen and oxygen atoms in total. The molecular weight excluding hydrogens is 671 g/mol. The first-order valence-electron chi connectivity index (χ1n) is 20.2. The van der Waals surface area contributed by atoms with E-state index in [1.807, 2.05) is 12.1 Å². The van der Waals surface area contributed by atoms with Crippen molar-refractivity contribution >= 4 is 60.9 Å². The number of hydrogen-bond donors (Lipinski definition) is 0. The molecule has 1 spiro atoms. The Morgan fingerprint density at radius 2 is 1.00 bits per heavy atom. The molecule has 0 aliphatic heterocycles. The van der Waals surface area contributed by atoms with Crippen molar-refractivity contribution in [3.63, 3.8) is 0 Å². The predicted molar refractivity (Wildman–Crippen MR) is 224 cm³/mol. The van der Waals surface area contributed by atoms with E-state index < -0.39 is 0 Å². The van der Waals surface area contributed by atoms with Crippen LogP contribution in [0.2, 0.25) is 0 Å². The van der Waals surface area contributed by atoms with E-state index in [0.717, 1.165) is 78.2 Å². The molecule has 14 rings (SSSR count). The zero-order valence-corrected chi connectivity index (χ0v) is 30.5. The molecule has 0 saturated heterocycles. The highest BCUT2D eigenvalue weighted by Crippen LogP contribution is 2.69. The van der Waals surface area contributed by atoms with Crippen LogP contribution in [0, 0.1) is 23.7 Å². The molecule has 0 N–H and O–H groups in total. The molecule has 9 aromatic rings. The number of benzene rings is 7. The second-order valence-corrected chi connectivity index (χ2v) is 16.9. The number of anilines is 3. The lowest BCUT2D eigenvalue weighted by Crippen LogP contribution is -2.55. The standard InChI is InChI=1S/C52H39NO2/c1-4-13-46-40(8-1)41-22-20-37(29-47(41)52(46)34-25-31-24-32(27-34)28-35(52)26-31)53(38-21-23-44-42-9-2-5-14-48(42)54-50(44)30-38)36-18-16-33(17-19-36)39-11-7-12-45-43-10-3-6-15-49(43)55-51(39)45/h1-23,29-32,34-35H,24-28H2. The van der Waals surface area contributed by atoms with Gasteiger partial charge in [-0.3, -0.25) is 0 Å². The zero-order chi connectivity index (χ0) is 35.8. The number of para-hydroxylation sites is 3. The van der Waals surface area contributed by atoms with Crippen LogP contribution in [0.1, 0.15) is 43.2 Å². The Kier molecular flexibility index (Phi) is 6.06. The van der Waals surface area contributed by atoms with Crippen molar-refractivity contribution in [1.82, 2.24) is 0 Å². The highest BCUT2D eigenvalue weighted by atomic mass is 16.3. The summed E-state index contributed by atoms with van der Waals surface area (Å²) >= 11 is 0. The molecular formula is C52H39NO2. The maximum absolute atomic E-state index is 6.49. The lowest BCUT2D eigenvalue weighted by Gasteiger charge is -2.61. The van der Waals surface area contributed by atoms with Crippen LogP contribution in [0.25, 0.3) is 66.1 Å². The van der Waals surface area contributed by atoms with Gasteiger partial charge in [-0.1, -0.05) is 97.1 Å². The van der Waals surface area contributed by atoms with Crippen molar-refractivity contribution < 1.29 is 8.83 Å². The van der Waals surface area contributed by atoms with E-state index in [4.69, 9.17) is 8.83 Å². The summed E-state index contributed by atoms with van der Waals surface area (Å²) in [4.78, 5) is 2.45. The topological polar surface area (TPSA) is 29.5 Å². The molecule has 264 valence electrons. The lowest BCUT2D eigenvalue weighted by atomic mass is 9.43. The zero-order valence-electron chi connectivity index (χ0n) is 30.5. The third-order valence-electron chi connectivity index (χ3n) is 14.3. The lowest BCUT2D eigenvalue weighted by molar-refractivity contribution is -0.0399. The number of nitrogens with zero attached hydrogens (tertiary/aromatic N) is 1. The smallest absolute Gasteiger partial charge is 0.143 e. The third kappa shape index (κ3) is 4.11. The fourth-order valence-electron chi connectivity index (χ4n) is 12.3. The normalized spacial score (nSPS) is 23.3. The minimum absolute atomic E-state index is 0.0961. The van der Waals surface area contributed by atoms with E-state index in [9.17, 15) is 0 Å². The highest BCUT2D eigenvalue weighted by molar-refractivity contribution is 6.10. The number of fused-ring (bicyclic) bond motifs is 9. The van der Waals surface area contributed by atoms with Gasteiger partial charge < -0.3 is 13.7 Å². The number of furan rings is 2. The van der Waals surface area contributed by atoms with Crippen molar-refractivity contribution in [3.05, 3.63) is 163 Å². The molecule has 2 heterocycles. The maximum Gasteiger partial charge on any atom is 0.143 e. The molecule has 3 heteroatoms. The molecule has 0 radical (unpaired) electrons. The van der Waals surface area contributed by atoms with Crippen LogP contribution >= 0.6 is 0 Å². The van der Waals surface area contributed by atoms with Crippen LogP contribution in [-0.2, 0) is 5.41 Å². The Bertz CT molecular complexity index is 2990. The van der Waals surface area contributed by atoms with Gasteiger partial charge in [-0.2, -0.15) is 0 Å². The van der Waals surface area contributed by atoms with Gasteiger partial charge in [0.2, 0.25) is 0 Å². The summed E-state index contributed by atoms with van der Waals surface area (Å²) in [5.74, 6) is 3.23. The van der Waals surface area contributed by atoms with Gasteiger partial charge in [0.15, 0.2) is 0 Å². The summed E-state index contributed by atoms with van der Waals surface area (Å²) < 4.78 is 13.0. The van der Waals surface area contributed by atoms with Crippen molar-refractivity contribution in [2.24, 2.45) is 23.7 Å². The largest absolute Gasteiger partial charge is 0.456 e. The van der Waals surface area contributed by atoms with Crippen LogP contribution in [0.15, 0.2) is 160 Å². The van der Waals surface area contributed by atoms with Crippen LogP contribution in [0.3, 0.4) is 0 Å². The molecule has 4 saturated carbocycles. The first kappa shape index (κ1) is 30.3. The summed E-state index contributed by atoms with van der Waals surface area (Å²) in [5, 5.41) is 4.60. The molecule has 5 aliphatic carbocycles. The van der Waals surface area contributed by atoms with E-state index >= 15 is 0 Å². The fraction of sp³-hybridized carbons (Fsp3) is 0.192. The Hall–Kier alpha value is -6.06. The van der Waals surface area contributed by atoms with Crippen molar-refractivity contribution in [1.29, 1.82) is 0 Å². The van der Waals surface area contributed by atoms with E-state index in [-0.39, 0.29) is 5.41 Å². The average Bonchev–Trinajstić information content (AvgIpc) is 3.88. The second kappa shape index (κ2) is 11.0. The Morgan fingerprint density at radius 3 is 1.80 bits per heavy atom. The van der Waals surface area contributed by atoms with Crippen LogP contribution in [0.5, 0.6) is 0 Å². The van der Waals surface area contributed by atoms with Crippen LogP contribution in [0.4, 0.5) is 17.1 Å². The summed E-state index contributed by atoms with van der Waals surface area (Å²) in [6.45, 7) is 0. The van der Waals surface area contributed by atoms with Gasteiger partial charge in [0.1, 0.15) is 22.3 Å². The van der Waals surface area contributed by atoms with Gasteiger partial charge >= 0.3 is 0 Å². The van der Waals surface area contributed by atoms with Gasteiger partial charge in [-0.15, -0.1) is 0 Å². The number of rotatable bonds is 4. The van der Waals surface area contributed by atoms with Crippen molar-refractivity contribution in [3.8, 4) is 22.3 Å². The van der Waals surface area contributed by atoms with Crippen LogP contribution in [-0.4, -0.2) is 0 Å². The molecule has 4 bridgehead atoms. The Balaban J connectivity index is 0.994. The van der Waals surface area contributed by atoms with Crippen molar-refractivity contribution in [2.75, 3.05) is 4.90 Å². The van der Waals surface area contributed by atoms with Gasteiger partial charge in [0.25, 0.3) is 0 Å². The number of hydrogen-bond acceptors (Lipinski definition) is 3. The van der Waals surface area contributed by atoms with Gasteiger partial charge in [-0.05, 0) is 132 Å². The molecule has 7 aromatic carbocycles. The van der Waals surface area contributed by atoms with E-state index in [1.54, 1.807) is 11.1 Å². The summed E-state index contributed by atoms with van der Waals surface area (Å²) in [6.07, 6.45) is 6.94. The van der Waals surface area contributed by atoms with E-state index in [1.165, 1.54) is 48.9 Å². The van der Waals surface area contributed by atoms with Crippen molar-refractivity contribution in [2.45, 2.75) is 37.5 Å². The monoisotopic (exact) mass is 709 g/mol. The molecule has 0 amide bonds. The summed E-state index contributed by atoms with van der Waals surface area (Å²) in [6, 6.07) is 55.8. The second-order valence-electron chi connectivity index (χ2n) is 16.9. The van der Waals surface area contributed by atoms with E-state index in [0.29, 0.717) is 11.8 Å². The van der Waals surface area contributed by atoms with Crippen LogP contribution < -0.4 is 4.90 Å². The molecule has 0 unspecified atom stereocenters. The molecule has 4 fully saturated rings. The maximum atomic E-state index is 6.49. The summed E-state index contributed by atoms with van der Waals surface area (Å²) in [7, 11) is 0. The minimum atomic E-state index is 0.0961. The molecule has 55 heavy (non-hydrogen) atoms. The minimum Gasteiger partial charge on any atom is -0.456 e. The Morgan fingerprint density at radius 1 is 0.418 bits per heavy atom. The molecule has 5 aliphatic rings. The first-order valence-corrected chi connectivity index (χ1v) is 20.2.